The van der Waals surface area contributed by atoms with Crippen LogP contribution in [0.4, 0.5) is 0 Å². The molecule has 2 saturated heterocycles. The van der Waals surface area contributed by atoms with Gasteiger partial charge in [0.1, 0.15) is 5.69 Å². The molecule has 1 N–H and O–H groups in total. The average Bonchev–Trinajstić information content (AvgIpc) is 3.34. The van der Waals surface area contributed by atoms with E-state index in [9.17, 15) is 9.59 Å². The number of carbonyl (C=O) groups excluding carboxylic acids is 2. The van der Waals surface area contributed by atoms with Crippen LogP contribution in [0.25, 0.3) is 0 Å². The van der Waals surface area contributed by atoms with Gasteiger partial charge in [0, 0.05) is 43.3 Å². The molecule has 6 nitrogen and oxygen atoms in total. The van der Waals surface area contributed by atoms with Gasteiger partial charge in [-0.05, 0) is 36.4 Å². The molecule has 0 spiro atoms. The number of likely N-dealkylation sites (tertiary alicyclic amines) is 1. The minimum Gasteiger partial charge on any atom is -0.338 e. The molecule has 0 radical (unpaired) electrons. The second-order valence-corrected chi connectivity index (χ2v) is 7.94. The fourth-order valence-electron chi connectivity index (χ4n) is 3.88. The highest BCUT2D eigenvalue weighted by molar-refractivity contribution is 7.09. The van der Waals surface area contributed by atoms with E-state index in [0.717, 1.165) is 44.7 Å². The maximum atomic E-state index is 13.1. The maximum Gasteiger partial charge on any atom is 0.270 e. The molecule has 1 atom stereocenters. The first-order chi connectivity index (χ1) is 12.7. The molecule has 0 saturated carbocycles. The van der Waals surface area contributed by atoms with E-state index in [1.54, 1.807) is 11.3 Å². The van der Waals surface area contributed by atoms with E-state index in [1.807, 2.05) is 38.8 Å². The highest BCUT2D eigenvalue weighted by atomic mass is 35.5. The fourth-order valence-corrected chi connectivity index (χ4v) is 4.58. The lowest BCUT2D eigenvalue weighted by atomic mass is 10.0. The molecule has 2 aliphatic rings. The van der Waals surface area contributed by atoms with Gasteiger partial charge in [0.2, 0.25) is 5.91 Å². The number of rotatable bonds is 4. The van der Waals surface area contributed by atoms with Gasteiger partial charge >= 0.3 is 0 Å². The topological polar surface area (TPSA) is 57.6 Å². The predicted molar refractivity (Wildman–Crippen MR) is 109 cm³/mol. The lowest BCUT2D eigenvalue weighted by Crippen LogP contribution is -2.57. The number of piperazine rings is 1. The standard InChI is InChI=1S/C19H24N4O2S.ClH/c24-18-12-20-7-10-23(18)15-4-1-9-22(13-15)19(25)17-6-2-8-21(17)14-16-5-3-11-26-16;/h2-3,5-6,8,11,15,20H,1,4,7,9-10,12-14H2;1H. The highest BCUT2D eigenvalue weighted by Gasteiger charge is 2.32. The Morgan fingerprint density at radius 3 is 2.93 bits per heavy atom. The first-order valence-corrected chi connectivity index (χ1v) is 10.1. The molecule has 146 valence electrons. The Kier molecular flexibility index (Phi) is 6.57. The summed E-state index contributed by atoms with van der Waals surface area (Å²) >= 11 is 1.70. The summed E-state index contributed by atoms with van der Waals surface area (Å²) in [5.74, 6) is 0.218. The molecule has 0 aromatic carbocycles. The van der Waals surface area contributed by atoms with Crippen molar-refractivity contribution in [3.8, 4) is 0 Å². The van der Waals surface area contributed by atoms with Crippen LogP contribution in [-0.2, 0) is 11.3 Å². The summed E-state index contributed by atoms with van der Waals surface area (Å²) in [5, 5.41) is 5.17. The summed E-state index contributed by atoms with van der Waals surface area (Å²) in [4.78, 5) is 30.4. The van der Waals surface area contributed by atoms with Crippen molar-refractivity contribution in [2.24, 2.45) is 0 Å². The van der Waals surface area contributed by atoms with Crippen LogP contribution in [0.15, 0.2) is 35.8 Å². The zero-order chi connectivity index (χ0) is 17.9. The van der Waals surface area contributed by atoms with Crippen LogP contribution < -0.4 is 5.32 Å². The lowest BCUT2D eigenvalue weighted by Gasteiger charge is -2.41. The minimum atomic E-state index is 0. The van der Waals surface area contributed by atoms with Gasteiger partial charge in [-0.1, -0.05) is 6.07 Å². The number of nitrogens with zero attached hydrogens (tertiary/aromatic N) is 3. The van der Waals surface area contributed by atoms with Crippen LogP contribution in [0.3, 0.4) is 0 Å². The number of hydrogen-bond acceptors (Lipinski definition) is 4. The minimum absolute atomic E-state index is 0. The molecule has 2 fully saturated rings. The number of amides is 2. The van der Waals surface area contributed by atoms with E-state index in [4.69, 9.17) is 0 Å². The molecule has 8 heteroatoms. The van der Waals surface area contributed by atoms with Crippen molar-refractivity contribution in [1.82, 2.24) is 19.7 Å². The molecule has 2 aromatic heterocycles. The van der Waals surface area contributed by atoms with E-state index < -0.39 is 0 Å². The second-order valence-electron chi connectivity index (χ2n) is 6.91. The number of nitrogens with one attached hydrogen (secondary N) is 1. The normalized spacial score (nSPS) is 20.4. The molecule has 2 aliphatic heterocycles. The number of halogens is 1. The largest absolute Gasteiger partial charge is 0.338 e. The quantitative estimate of drug-likeness (QED) is 0.842. The van der Waals surface area contributed by atoms with E-state index in [2.05, 4.69) is 16.8 Å². The average molecular weight is 409 g/mol. The number of carbonyl (C=O) groups is 2. The molecule has 4 heterocycles. The van der Waals surface area contributed by atoms with Crippen LogP contribution in [-0.4, -0.2) is 64.9 Å². The van der Waals surface area contributed by atoms with Crippen molar-refractivity contribution >= 4 is 35.6 Å². The first-order valence-electron chi connectivity index (χ1n) is 9.19. The predicted octanol–water partition coefficient (Wildman–Crippen LogP) is 2.06. The van der Waals surface area contributed by atoms with Gasteiger partial charge in [-0.3, -0.25) is 9.59 Å². The van der Waals surface area contributed by atoms with Crippen molar-refractivity contribution in [2.75, 3.05) is 32.7 Å². The zero-order valence-electron chi connectivity index (χ0n) is 15.2. The summed E-state index contributed by atoms with van der Waals surface area (Å²) in [6, 6.07) is 8.09. The summed E-state index contributed by atoms with van der Waals surface area (Å²) in [5.41, 5.74) is 0.727. The third-order valence-electron chi connectivity index (χ3n) is 5.21. The third kappa shape index (κ3) is 4.36. The van der Waals surface area contributed by atoms with Crippen LogP contribution in [0.1, 0.15) is 28.2 Å². The van der Waals surface area contributed by atoms with E-state index in [-0.39, 0.29) is 30.3 Å². The summed E-state index contributed by atoms with van der Waals surface area (Å²) < 4.78 is 2.02. The monoisotopic (exact) mass is 408 g/mol. The van der Waals surface area contributed by atoms with Gasteiger partial charge in [0.15, 0.2) is 0 Å². The van der Waals surface area contributed by atoms with E-state index >= 15 is 0 Å². The Morgan fingerprint density at radius 2 is 2.15 bits per heavy atom. The molecule has 27 heavy (non-hydrogen) atoms. The Hall–Kier alpha value is -1.83. The third-order valence-corrected chi connectivity index (χ3v) is 6.07. The Labute approximate surface area is 169 Å². The van der Waals surface area contributed by atoms with E-state index in [1.165, 1.54) is 4.88 Å². The maximum absolute atomic E-state index is 13.1. The summed E-state index contributed by atoms with van der Waals surface area (Å²) in [6.45, 7) is 4.10. The molecular weight excluding hydrogens is 384 g/mol. The lowest BCUT2D eigenvalue weighted by molar-refractivity contribution is -0.135. The number of hydrogen-bond donors (Lipinski definition) is 1. The number of piperidine rings is 1. The fraction of sp³-hybridized carbons (Fsp3) is 0.474. The Morgan fingerprint density at radius 1 is 1.26 bits per heavy atom. The van der Waals surface area contributed by atoms with Crippen molar-refractivity contribution in [3.05, 3.63) is 46.4 Å². The highest BCUT2D eigenvalue weighted by Crippen LogP contribution is 2.20. The SMILES string of the molecule is Cl.O=C(c1cccn1Cc1cccs1)N1CCCC(N2CCNCC2=O)C1. The van der Waals surface area contributed by atoms with Gasteiger partial charge in [0.05, 0.1) is 13.1 Å². The van der Waals surface area contributed by atoms with Gasteiger partial charge in [0.25, 0.3) is 5.91 Å². The van der Waals surface area contributed by atoms with Crippen molar-refractivity contribution in [3.63, 3.8) is 0 Å². The van der Waals surface area contributed by atoms with Crippen molar-refractivity contribution < 1.29 is 9.59 Å². The Bertz CT molecular complexity index is 777. The van der Waals surface area contributed by atoms with Crippen LogP contribution in [0, 0.1) is 0 Å². The molecule has 1 unspecified atom stereocenters. The smallest absolute Gasteiger partial charge is 0.270 e. The second kappa shape index (κ2) is 8.91. The van der Waals surface area contributed by atoms with Crippen LogP contribution >= 0.6 is 23.7 Å². The molecule has 0 aliphatic carbocycles. The molecule has 2 aromatic rings. The number of thiophene rings is 1. The zero-order valence-corrected chi connectivity index (χ0v) is 16.8. The molecular formula is C19H25ClN4O2S. The summed E-state index contributed by atoms with van der Waals surface area (Å²) in [7, 11) is 0. The Balaban J connectivity index is 0.00000210. The van der Waals surface area contributed by atoms with E-state index in [0.29, 0.717) is 13.1 Å². The van der Waals surface area contributed by atoms with Crippen molar-refractivity contribution in [2.45, 2.75) is 25.4 Å². The van der Waals surface area contributed by atoms with Gasteiger partial charge < -0.3 is 19.7 Å². The van der Waals surface area contributed by atoms with Crippen LogP contribution in [0.2, 0.25) is 0 Å². The van der Waals surface area contributed by atoms with Crippen LogP contribution in [0.5, 0.6) is 0 Å². The molecule has 4 rings (SSSR count). The van der Waals surface area contributed by atoms with Crippen molar-refractivity contribution in [1.29, 1.82) is 0 Å². The first kappa shape index (κ1) is 19.9. The van der Waals surface area contributed by atoms with Gasteiger partial charge in [-0.2, -0.15) is 0 Å². The summed E-state index contributed by atoms with van der Waals surface area (Å²) in [6.07, 6.45) is 3.89. The number of aromatic nitrogens is 1. The van der Waals surface area contributed by atoms with Gasteiger partial charge in [-0.15, -0.1) is 23.7 Å². The van der Waals surface area contributed by atoms with Gasteiger partial charge in [-0.25, -0.2) is 0 Å². The molecule has 0 bridgehead atoms. The molecule has 2 amide bonds.